The number of rotatable bonds is 11. The monoisotopic (exact) mass is 573 g/mol. The van der Waals surface area contributed by atoms with Crippen LogP contribution in [0.25, 0.3) is 0 Å². The quantitative estimate of drug-likeness (QED) is 0.149. The van der Waals surface area contributed by atoms with Crippen molar-refractivity contribution in [2.45, 2.75) is 32.1 Å². The van der Waals surface area contributed by atoms with Crippen LogP contribution in [0.4, 0.5) is 5.69 Å². The highest BCUT2D eigenvalue weighted by molar-refractivity contribution is 8.14. The third-order valence-corrected chi connectivity index (χ3v) is 5.15. The molecule has 0 saturated heterocycles. The summed E-state index contributed by atoms with van der Waals surface area (Å²) in [6, 6.07) is 18.9. The van der Waals surface area contributed by atoms with Crippen LogP contribution in [0.3, 0.4) is 0 Å². The molecule has 0 aliphatic rings. The normalized spacial score (nSPS) is 11.1. The Balaban J connectivity index is 0.000000780. The van der Waals surface area contributed by atoms with Crippen LogP contribution in [-0.4, -0.2) is 73.2 Å². The number of carboxylic acids is 4. The molecule has 0 saturated carbocycles. The van der Waals surface area contributed by atoms with Gasteiger partial charge in [0.2, 0.25) is 0 Å². The fourth-order valence-electron chi connectivity index (χ4n) is 2.71. The van der Waals surface area contributed by atoms with Crippen molar-refractivity contribution in [3.05, 3.63) is 90.0 Å². The highest BCUT2D eigenvalue weighted by atomic mass is 32.2. The molecule has 2 aromatic rings. The molecule has 0 bridgehead atoms. The lowest BCUT2D eigenvalue weighted by Crippen LogP contribution is -2.20. The molecule has 40 heavy (non-hydrogen) atoms. The Morgan fingerprint density at radius 3 is 1.65 bits per heavy atom. The summed E-state index contributed by atoms with van der Waals surface area (Å²) in [5.74, 6) is -5.03. The van der Waals surface area contributed by atoms with Crippen molar-refractivity contribution in [2.75, 3.05) is 13.6 Å². The second-order valence-electron chi connectivity index (χ2n) is 8.28. The van der Waals surface area contributed by atoms with Gasteiger partial charge in [-0.1, -0.05) is 68.1 Å². The minimum absolute atomic E-state index is 0.452. The topological polar surface area (TPSA) is 191 Å². The van der Waals surface area contributed by atoms with Crippen LogP contribution in [0.5, 0.6) is 0 Å². The van der Waals surface area contributed by atoms with E-state index >= 15 is 0 Å². The zero-order valence-electron chi connectivity index (χ0n) is 22.5. The van der Waals surface area contributed by atoms with Crippen LogP contribution in [0, 0.1) is 0 Å². The number of benzene rings is 2. The van der Waals surface area contributed by atoms with Crippen molar-refractivity contribution in [3.63, 3.8) is 0 Å². The molecule has 0 aliphatic heterocycles. The Hall–Kier alpha value is -4.42. The van der Waals surface area contributed by atoms with Gasteiger partial charge >= 0.3 is 23.9 Å². The average molecular weight is 574 g/mol. The zero-order valence-corrected chi connectivity index (χ0v) is 23.3. The summed E-state index contributed by atoms with van der Waals surface area (Å²) in [5.41, 5.74) is 9.51. The van der Waals surface area contributed by atoms with E-state index in [1.807, 2.05) is 12.1 Å². The van der Waals surface area contributed by atoms with Gasteiger partial charge in [-0.3, -0.25) is 0 Å². The van der Waals surface area contributed by atoms with Gasteiger partial charge in [-0.05, 0) is 36.7 Å². The Morgan fingerprint density at radius 1 is 0.800 bits per heavy atom. The van der Waals surface area contributed by atoms with E-state index in [1.165, 1.54) is 11.1 Å². The summed E-state index contributed by atoms with van der Waals surface area (Å²) in [5, 5.41) is 32.3. The van der Waals surface area contributed by atoms with E-state index in [0.717, 1.165) is 25.2 Å². The molecular weight excluding hydrogens is 538 g/mol. The molecule has 2 rings (SSSR count). The first-order valence-corrected chi connectivity index (χ1v) is 12.8. The van der Waals surface area contributed by atoms with E-state index in [1.54, 1.807) is 11.8 Å². The first kappa shape index (κ1) is 35.6. The summed E-state index contributed by atoms with van der Waals surface area (Å²) in [6.45, 7) is 6.24. The van der Waals surface area contributed by atoms with E-state index in [2.05, 4.69) is 73.3 Å². The molecule has 0 heterocycles. The maximum absolute atomic E-state index is 9.55. The predicted molar refractivity (Wildman–Crippen MR) is 156 cm³/mol. The highest BCUT2D eigenvalue weighted by Crippen LogP contribution is 2.17. The summed E-state index contributed by atoms with van der Waals surface area (Å²) < 4.78 is 0. The standard InChI is InChI=1S/C20H27N3S.2C4H4O4/c1-16(2)24-20(21)22-19-11-9-17(10-12-19)13-14-23(3)15-18-7-5-4-6-8-18;2*5-3(6)1-2-4(7)8/h4-12,16H,13-15H2,1-3H3,(H2,21,22);2*1-2H,(H,5,6)(H,7,8)/b;2*2-1-. The molecule has 0 amide bonds. The molecule has 6 N–H and O–H groups in total. The van der Waals surface area contributed by atoms with Gasteiger partial charge in [-0.25, -0.2) is 24.2 Å². The van der Waals surface area contributed by atoms with Crippen molar-refractivity contribution < 1.29 is 39.6 Å². The van der Waals surface area contributed by atoms with Gasteiger partial charge < -0.3 is 31.1 Å². The van der Waals surface area contributed by atoms with E-state index in [4.69, 9.17) is 26.2 Å². The number of carbonyl (C=O) groups is 4. The molecule has 0 spiro atoms. The Morgan fingerprint density at radius 2 is 1.25 bits per heavy atom. The van der Waals surface area contributed by atoms with Crippen molar-refractivity contribution >= 4 is 46.5 Å². The second kappa shape index (κ2) is 20.5. The maximum Gasteiger partial charge on any atom is 0.328 e. The summed E-state index contributed by atoms with van der Waals surface area (Å²) in [4.78, 5) is 45.0. The van der Waals surface area contributed by atoms with E-state index in [0.29, 0.717) is 34.7 Å². The van der Waals surface area contributed by atoms with Gasteiger partial charge in [-0.15, -0.1) is 0 Å². The summed E-state index contributed by atoms with van der Waals surface area (Å²) in [6.07, 6.45) is 3.26. The van der Waals surface area contributed by atoms with Gasteiger partial charge in [0.25, 0.3) is 0 Å². The Kier molecular flexibility index (Phi) is 18.3. The Labute approximate surface area is 237 Å². The van der Waals surface area contributed by atoms with Gasteiger partial charge in [-0.2, -0.15) is 0 Å². The van der Waals surface area contributed by atoms with Crippen molar-refractivity contribution in [2.24, 2.45) is 10.7 Å². The summed E-state index contributed by atoms with van der Waals surface area (Å²) >= 11 is 1.59. The third-order valence-electron chi connectivity index (χ3n) is 4.35. The largest absolute Gasteiger partial charge is 0.478 e. The Bertz CT molecular complexity index is 1100. The number of hydrogen-bond donors (Lipinski definition) is 5. The first-order valence-electron chi connectivity index (χ1n) is 11.9. The first-order chi connectivity index (χ1) is 18.8. The maximum atomic E-state index is 9.55. The zero-order chi connectivity index (χ0) is 30.5. The fraction of sp³-hybridized carbons (Fsp3) is 0.250. The molecule has 2 aromatic carbocycles. The number of aliphatic carboxylic acids is 4. The lowest BCUT2D eigenvalue weighted by molar-refractivity contribution is -0.134. The van der Waals surface area contributed by atoms with Gasteiger partial charge in [0, 0.05) is 42.6 Å². The number of aliphatic imine (C=N–C) groups is 1. The van der Waals surface area contributed by atoms with Gasteiger partial charge in [0.05, 0.1) is 5.69 Å². The molecule has 11 nitrogen and oxygen atoms in total. The predicted octanol–water partition coefficient (Wildman–Crippen LogP) is 3.87. The number of thioether (sulfide) groups is 1. The van der Waals surface area contributed by atoms with Crippen molar-refractivity contribution in [1.82, 2.24) is 4.90 Å². The number of nitrogens with two attached hydrogens (primary N) is 1. The fourth-order valence-corrected chi connectivity index (χ4v) is 3.35. The van der Waals surface area contributed by atoms with Crippen LogP contribution in [-0.2, 0) is 32.1 Å². The van der Waals surface area contributed by atoms with Gasteiger partial charge in [0.15, 0.2) is 5.17 Å². The van der Waals surface area contributed by atoms with Crippen molar-refractivity contribution in [1.29, 1.82) is 0 Å². The lowest BCUT2D eigenvalue weighted by Gasteiger charge is -2.16. The number of nitrogens with zero attached hydrogens (tertiary/aromatic N) is 2. The van der Waals surface area contributed by atoms with E-state index < -0.39 is 23.9 Å². The third kappa shape index (κ3) is 21.6. The minimum Gasteiger partial charge on any atom is -0.478 e. The SMILES string of the molecule is CC(C)SC(N)=Nc1ccc(CCN(C)Cc2ccccc2)cc1.O=C(O)/C=C\C(=O)O.O=C(O)/C=C\C(=O)O. The molecule has 0 radical (unpaired) electrons. The molecule has 216 valence electrons. The summed E-state index contributed by atoms with van der Waals surface area (Å²) in [7, 11) is 2.16. The van der Waals surface area contributed by atoms with Crippen LogP contribution in [0.2, 0.25) is 0 Å². The van der Waals surface area contributed by atoms with E-state index in [9.17, 15) is 19.2 Å². The number of carboxylic acid groups (broad SMARTS) is 4. The highest BCUT2D eigenvalue weighted by Gasteiger charge is 2.02. The average Bonchev–Trinajstić information content (AvgIpc) is 2.87. The number of hydrogen-bond acceptors (Lipinski definition) is 7. The van der Waals surface area contributed by atoms with E-state index in [-0.39, 0.29) is 0 Å². The van der Waals surface area contributed by atoms with Crippen LogP contribution < -0.4 is 5.73 Å². The molecule has 0 unspecified atom stereocenters. The smallest absolute Gasteiger partial charge is 0.328 e. The molecule has 0 aromatic heterocycles. The van der Waals surface area contributed by atoms with Crippen molar-refractivity contribution in [3.8, 4) is 0 Å². The molecule has 0 atom stereocenters. The lowest BCUT2D eigenvalue weighted by atomic mass is 10.1. The second-order valence-corrected chi connectivity index (χ2v) is 9.87. The molecule has 0 fully saturated rings. The molecule has 12 heteroatoms. The number of likely N-dealkylation sites (N-methyl/N-ethyl adjacent to an activating group) is 1. The number of amidine groups is 1. The molecular formula is C28H35N3O8S. The van der Waals surface area contributed by atoms with Crippen LogP contribution in [0.15, 0.2) is 83.9 Å². The van der Waals surface area contributed by atoms with Crippen LogP contribution >= 0.6 is 11.8 Å². The molecule has 0 aliphatic carbocycles. The van der Waals surface area contributed by atoms with Crippen LogP contribution in [0.1, 0.15) is 25.0 Å². The van der Waals surface area contributed by atoms with Gasteiger partial charge in [0.1, 0.15) is 0 Å². The minimum atomic E-state index is -1.26.